The number of benzene rings is 1. The molecule has 0 amide bonds. The highest BCUT2D eigenvalue weighted by molar-refractivity contribution is 6.34. The number of aromatic nitrogens is 3. The molecule has 2 atom stereocenters. The lowest BCUT2D eigenvalue weighted by Gasteiger charge is -2.39. The molecule has 6 rings (SSSR count). The molecule has 1 aliphatic heterocycles. The molecule has 1 aromatic carbocycles. The lowest BCUT2D eigenvalue weighted by molar-refractivity contribution is 0.0591. The maximum Gasteiger partial charge on any atom is 0.217 e. The first-order valence-electron chi connectivity index (χ1n) is 15.0. The second-order valence-corrected chi connectivity index (χ2v) is 12.3. The fraction of sp³-hybridized carbons (Fsp3) is 0.324. The predicted molar refractivity (Wildman–Crippen MR) is 179 cm³/mol. The van der Waals surface area contributed by atoms with E-state index in [1.165, 1.54) is 7.11 Å². The number of ether oxygens (including phenoxy) is 1. The average Bonchev–Trinajstić information content (AvgIpc) is 3.06. The zero-order valence-corrected chi connectivity index (χ0v) is 26.7. The van der Waals surface area contributed by atoms with Crippen molar-refractivity contribution in [3.8, 4) is 5.88 Å². The standard InChI is InChI=1S/C34H35Cl2FN6O3/c1-46-33-23(15-39-25(19-44)20-45)8-9-29(41-33)34(11-4-6-27(31(34)36)26-5-2-3-7-28(26)35)42-32-30-22(10-12-38-32)13-21(14-40-30)16-43-17-24(37)18-43/h2-14,24-25,31,39,44-45H,15-20H2,1H3,(H,38,42). The second-order valence-electron chi connectivity index (χ2n) is 11.5. The van der Waals surface area contributed by atoms with Crippen LogP contribution in [-0.2, 0) is 18.6 Å². The molecule has 0 spiro atoms. The van der Waals surface area contributed by atoms with E-state index < -0.39 is 23.1 Å². The Morgan fingerprint density at radius 3 is 2.67 bits per heavy atom. The molecule has 0 saturated carbocycles. The van der Waals surface area contributed by atoms with Crippen molar-refractivity contribution >= 4 is 45.5 Å². The van der Waals surface area contributed by atoms with Crippen LogP contribution in [0.5, 0.6) is 5.88 Å². The van der Waals surface area contributed by atoms with Crippen molar-refractivity contribution in [2.24, 2.45) is 0 Å². The van der Waals surface area contributed by atoms with Gasteiger partial charge in [0, 0.05) is 54.5 Å². The highest BCUT2D eigenvalue weighted by atomic mass is 35.5. The van der Waals surface area contributed by atoms with E-state index in [-0.39, 0.29) is 13.2 Å². The number of likely N-dealkylation sites (tertiary alicyclic amines) is 1. The molecule has 240 valence electrons. The van der Waals surface area contributed by atoms with E-state index >= 15 is 0 Å². The van der Waals surface area contributed by atoms with Crippen LogP contribution in [0.1, 0.15) is 22.4 Å². The number of nitrogens with zero attached hydrogens (tertiary/aromatic N) is 4. The highest BCUT2D eigenvalue weighted by Crippen LogP contribution is 2.45. The number of methoxy groups -OCH3 is 1. The number of anilines is 1. The van der Waals surface area contributed by atoms with Gasteiger partial charge in [0.25, 0.3) is 0 Å². The molecule has 4 heterocycles. The summed E-state index contributed by atoms with van der Waals surface area (Å²) < 4.78 is 19.1. The Bertz CT molecular complexity index is 1760. The normalized spacial score (nSPS) is 20.2. The molecule has 4 aromatic rings. The van der Waals surface area contributed by atoms with Crippen molar-refractivity contribution in [3.63, 3.8) is 0 Å². The summed E-state index contributed by atoms with van der Waals surface area (Å²) >= 11 is 14.1. The van der Waals surface area contributed by atoms with Crippen molar-refractivity contribution in [3.05, 3.63) is 107 Å². The summed E-state index contributed by atoms with van der Waals surface area (Å²) in [6, 6.07) is 14.8. The summed E-state index contributed by atoms with van der Waals surface area (Å²) in [7, 11) is 1.54. The lowest BCUT2D eigenvalue weighted by Crippen LogP contribution is -2.47. The number of nitrogens with one attached hydrogen (secondary N) is 2. The molecule has 2 aliphatic rings. The quantitative estimate of drug-likeness (QED) is 0.158. The van der Waals surface area contributed by atoms with E-state index in [4.69, 9.17) is 37.9 Å². The zero-order chi connectivity index (χ0) is 32.3. The molecule has 3 aromatic heterocycles. The Hall–Kier alpha value is -3.64. The molecular weight excluding hydrogens is 630 g/mol. The Morgan fingerprint density at radius 2 is 1.93 bits per heavy atom. The molecule has 1 aliphatic carbocycles. The number of alkyl halides is 2. The van der Waals surface area contributed by atoms with Crippen LogP contribution in [-0.4, -0.2) is 81.1 Å². The predicted octanol–water partition coefficient (Wildman–Crippen LogP) is 4.85. The number of rotatable bonds is 12. The fourth-order valence-electron chi connectivity index (χ4n) is 5.85. The summed E-state index contributed by atoms with van der Waals surface area (Å²) in [5.41, 5.74) is 3.40. The third-order valence-corrected chi connectivity index (χ3v) is 9.28. The van der Waals surface area contributed by atoms with Crippen molar-refractivity contribution in [1.82, 2.24) is 25.2 Å². The average molecular weight is 666 g/mol. The Balaban J connectivity index is 1.41. The number of halogens is 3. The molecule has 2 unspecified atom stereocenters. The van der Waals surface area contributed by atoms with E-state index in [1.54, 1.807) is 12.4 Å². The van der Waals surface area contributed by atoms with Gasteiger partial charge in [-0.05, 0) is 41.0 Å². The van der Waals surface area contributed by atoms with E-state index in [0.29, 0.717) is 54.1 Å². The molecule has 1 saturated heterocycles. The Labute approximate surface area is 276 Å². The minimum absolute atomic E-state index is 0.211. The SMILES string of the molecule is COc1nc(C2(Nc3nccc4cc(CN5CC(F)C5)cnc34)C=CC=C(c3ccccc3Cl)C2Cl)ccc1CNC(CO)CO. The smallest absolute Gasteiger partial charge is 0.217 e. The first-order chi connectivity index (χ1) is 22.3. The highest BCUT2D eigenvalue weighted by Gasteiger charge is 2.44. The van der Waals surface area contributed by atoms with Gasteiger partial charge in [0.05, 0.1) is 37.4 Å². The summed E-state index contributed by atoms with van der Waals surface area (Å²) in [4.78, 5) is 16.4. The van der Waals surface area contributed by atoms with Gasteiger partial charge >= 0.3 is 0 Å². The monoisotopic (exact) mass is 664 g/mol. The van der Waals surface area contributed by atoms with E-state index in [9.17, 15) is 14.6 Å². The Morgan fingerprint density at radius 1 is 1.13 bits per heavy atom. The summed E-state index contributed by atoms with van der Waals surface area (Å²) in [6.45, 7) is 1.38. The largest absolute Gasteiger partial charge is 0.481 e. The van der Waals surface area contributed by atoms with Gasteiger partial charge in [-0.2, -0.15) is 0 Å². The third-order valence-electron chi connectivity index (χ3n) is 8.37. The fourth-order valence-corrected chi connectivity index (χ4v) is 6.52. The van der Waals surface area contributed by atoms with Gasteiger partial charge in [-0.15, -0.1) is 11.6 Å². The number of fused-ring (bicyclic) bond motifs is 1. The van der Waals surface area contributed by atoms with Gasteiger partial charge in [-0.3, -0.25) is 9.88 Å². The van der Waals surface area contributed by atoms with E-state index in [0.717, 1.165) is 27.6 Å². The van der Waals surface area contributed by atoms with Crippen LogP contribution in [0.2, 0.25) is 5.02 Å². The molecule has 0 radical (unpaired) electrons. The Kier molecular flexibility index (Phi) is 9.84. The molecule has 4 N–H and O–H groups in total. The first-order valence-corrected chi connectivity index (χ1v) is 15.8. The first kappa shape index (κ1) is 32.3. The van der Waals surface area contributed by atoms with Crippen LogP contribution in [0.4, 0.5) is 10.2 Å². The van der Waals surface area contributed by atoms with Crippen molar-refractivity contribution in [2.75, 3.05) is 38.7 Å². The van der Waals surface area contributed by atoms with Gasteiger partial charge < -0.3 is 25.6 Å². The van der Waals surface area contributed by atoms with Gasteiger partial charge in [0.2, 0.25) is 5.88 Å². The molecule has 9 nitrogen and oxygen atoms in total. The second kappa shape index (κ2) is 14.0. The van der Waals surface area contributed by atoms with Gasteiger partial charge in [0.15, 0.2) is 5.82 Å². The van der Waals surface area contributed by atoms with Crippen LogP contribution >= 0.6 is 23.2 Å². The summed E-state index contributed by atoms with van der Waals surface area (Å²) in [5.74, 6) is 0.870. The zero-order valence-electron chi connectivity index (χ0n) is 25.2. The van der Waals surface area contributed by atoms with Gasteiger partial charge in [-0.1, -0.05) is 54.1 Å². The number of hydrogen-bond donors (Lipinski definition) is 4. The molecular formula is C34H35Cl2FN6O3. The van der Waals surface area contributed by atoms with E-state index in [1.807, 2.05) is 71.7 Å². The van der Waals surface area contributed by atoms with Gasteiger partial charge in [-0.25, -0.2) is 14.4 Å². The summed E-state index contributed by atoms with van der Waals surface area (Å²) in [6.07, 6.45) is 8.56. The van der Waals surface area contributed by atoms with Crippen LogP contribution < -0.4 is 15.4 Å². The molecule has 1 fully saturated rings. The van der Waals surface area contributed by atoms with E-state index in [2.05, 4.69) is 15.6 Å². The number of aliphatic hydroxyl groups excluding tert-OH is 2. The maximum absolute atomic E-state index is 13.4. The minimum atomic E-state index is -1.13. The molecule has 46 heavy (non-hydrogen) atoms. The number of pyridine rings is 3. The molecule has 0 bridgehead atoms. The summed E-state index contributed by atoms with van der Waals surface area (Å²) in [5, 5.41) is 26.5. The number of hydrogen-bond acceptors (Lipinski definition) is 9. The van der Waals surface area contributed by atoms with Crippen LogP contribution in [0.25, 0.3) is 16.5 Å². The maximum atomic E-state index is 13.4. The third kappa shape index (κ3) is 6.46. The minimum Gasteiger partial charge on any atom is -0.481 e. The number of allylic oxidation sites excluding steroid dienone is 2. The van der Waals surface area contributed by atoms with Crippen molar-refractivity contribution in [2.45, 2.75) is 36.2 Å². The van der Waals surface area contributed by atoms with Crippen LogP contribution in [0.3, 0.4) is 0 Å². The lowest BCUT2D eigenvalue weighted by atomic mass is 9.80. The van der Waals surface area contributed by atoms with Crippen LogP contribution in [0, 0.1) is 0 Å². The topological polar surface area (TPSA) is 116 Å². The number of aliphatic hydroxyl groups is 2. The van der Waals surface area contributed by atoms with Crippen LogP contribution in [0.15, 0.2) is 79.2 Å². The van der Waals surface area contributed by atoms with Gasteiger partial charge in [0.1, 0.15) is 17.2 Å². The van der Waals surface area contributed by atoms with Crippen molar-refractivity contribution in [1.29, 1.82) is 0 Å². The molecule has 12 heteroatoms. The van der Waals surface area contributed by atoms with Crippen molar-refractivity contribution < 1.29 is 19.3 Å².